The van der Waals surface area contributed by atoms with Gasteiger partial charge in [-0.2, -0.15) is 0 Å². The highest BCUT2D eigenvalue weighted by molar-refractivity contribution is 6.13. The molecule has 8 heteroatoms. The summed E-state index contributed by atoms with van der Waals surface area (Å²) in [6.07, 6.45) is 3.48. The molecule has 1 amide bonds. The number of aliphatic hydroxyl groups excluding tert-OH is 1. The van der Waals surface area contributed by atoms with Gasteiger partial charge in [-0.05, 0) is 69.4 Å². The fourth-order valence-corrected chi connectivity index (χ4v) is 5.06. The van der Waals surface area contributed by atoms with Crippen LogP contribution in [-0.4, -0.2) is 33.3 Å². The molecule has 0 fully saturated rings. The van der Waals surface area contributed by atoms with Crippen LogP contribution < -0.4 is 10.6 Å². The van der Waals surface area contributed by atoms with Crippen molar-refractivity contribution in [2.24, 2.45) is 0 Å². The van der Waals surface area contributed by atoms with Gasteiger partial charge in [-0.15, -0.1) is 0 Å². The molecule has 0 aliphatic heterocycles. The van der Waals surface area contributed by atoms with Crippen molar-refractivity contribution in [3.63, 3.8) is 0 Å². The molecule has 0 aliphatic carbocycles. The number of hydrogen-bond acceptors (Lipinski definition) is 7. The number of aliphatic hydroxyl groups is 1. The Morgan fingerprint density at radius 3 is 1.81 bits per heavy atom. The van der Waals surface area contributed by atoms with E-state index < -0.39 is 0 Å². The summed E-state index contributed by atoms with van der Waals surface area (Å²) >= 11 is 0. The highest BCUT2D eigenvalue weighted by Crippen LogP contribution is 2.37. The van der Waals surface area contributed by atoms with E-state index in [-0.39, 0.29) is 42.7 Å². The molecule has 4 rings (SSSR count). The Morgan fingerprint density at radius 2 is 1.24 bits per heavy atom. The first-order chi connectivity index (χ1) is 20.3. The zero-order valence-electron chi connectivity index (χ0n) is 24.2. The molecule has 42 heavy (non-hydrogen) atoms. The predicted molar refractivity (Wildman–Crippen MR) is 166 cm³/mol. The van der Waals surface area contributed by atoms with Gasteiger partial charge in [0.05, 0.1) is 40.3 Å². The van der Waals surface area contributed by atoms with Gasteiger partial charge in [0.25, 0.3) is 0 Å². The number of nitrogens with one attached hydrogen (secondary N) is 2. The lowest BCUT2D eigenvalue weighted by Crippen LogP contribution is -2.16. The largest absolute Gasteiger partial charge is 0.392 e. The summed E-state index contributed by atoms with van der Waals surface area (Å²) in [4.78, 5) is 54.2. The number of nitrogens with zero attached hydrogens (tertiary/aromatic N) is 1. The van der Waals surface area contributed by atoms with Crippen molar-refractivity contribution >= 4 is 62.1 Å². The van der Waals surface area contributed by atoms with Gasteiger partial charge in [-0.1, -0.05) is 36.4 Å². The molecular weight excluding hydrogens is 530 g/mol. The second-order valence-corrected chi connectivity index (χ2v) is 10.7. The fourth-order valence-electron chi connectivity index (χ4n) is 5.06. The van der Waals surface area contributed by atoms with E-state index in [0.29, 0.717) is 61.0 Å². The molecule has 8 nitrogen and oxygen atoms in total. The Morgan fingerprint density at radius 1 is 0.714 bits per heavy atom. The minimum Gasteiger partial charge on any atom is -0.392 e. The number of carbonyl (C=O) groups excluding carboxylic acids is 4. The fraction of sp³-hybridized carbons (Fsp3) is 0.324. The summed E-state index contributed by atoms with van der Waals surface area (Å²) in [5.74, 6) is -0.299. The van der Waals surface area contributed by atoms with Crippen LogP contribution in [0.25, 0.3) is 21.8 Å². The second-order valence-electron chi connectivity index (χ2n) is 10.7. The Kier molecular flexibility index (Phi) is 10.5. The van der Waals surface area contributed by atoms with Crippen molar-refractivity contribution in [1.29, 1.82) is 0 Å². The highest BCUT2D eigenvalue weighted by atomic mass is 16.3. The monoisotopic (exact) mass is 567 g/mol. The molecule has 218 valence electrons. The normalized spacial score (nSPS) is 11.0. The number of para-hydroxylation sites is 2. The maximum absolute atomic E-state index is 13.8. The maximum Gasteiger partial charge on any atom is 0.224 e. The molecule has 0 spiro atoms. The van der Waals surface area contributed by atoms with E-state index in [1.165, 1.54) is 13.8 Å². The molecule has 0 atom stereocenters. The molecule has 0 bridgehead atoms. The number of anilines is 3. The van der Waals surface area contributed by atoms with E-state index in [2.05, 4.69) is 10.6 Å². The summed E-state index contributed by atoms with van der Waals surface area (Å²) in [5.41, 5.74) is 3.96. The van der Waals surface area contributed by atoms with Crippen LogP contribution in [0.4, 0.5) is 17.1 Å². The molecule has 3 N–H and O–H groups in total. The molecule has 0 saturated carbocycles. The summed E-state index contributed by atoms with van der Waals surface area (Å²) in [6, 6.07) is 18.8. The van der Waals surface area contributed by atoms with Crippen molar-refractivity contribution in [2.45, 2.75) is 71.8 Å². The summed E-state index contributed by atoms with van der Waals surface area (Å²) < 4.78 is 0. The smallest absolute Gasteiger partial charge is 0.224 e. The van der Waals surface area contributed by atoms with Crippen molar-refractivity contribution in [1.82, 2.24) is 4.98 Å². The number of rotatable bonds is 15. The molecule has 1 heterocycles. The van der Waals surface area contributed by atoms with Gasteiger partial charge in [0.2, 0.25) is 5.91 Å². The van der Waals surface area contributed by atoms with Crippen LogP contribution in [0.3, 0.4) is 0 Å². The molecule has 0 radical (unpaired) electrons. The first-order valence-electron chi connectivity index (χ1n) is 14.4. The van der Waals surface area contributed by atoms with Gasteiger partial charge < -0.3 is 25.3 Å². The molecule has 4 aromatic rings. The minimum absolute atomic E-state index is 0.0753. The highest BCUT2D eigenvalue weighted by Gasteiger charge is 2.21. The maximum atomic E-state index is 13.8. The SMILES string of the molecule is CC(=O)CCCCC(=O)Nc1cc(CO)cc(Nc2c3ccccc3nc3ccccc23)c1C(=O)CCCCC(C)=O. The predicted octanol–water partition coefficient (Wildman–Crippen LogP) is 7.04. The summed E-state index contributed by atoms with van der Waals surface area (Å²) in [5, 5.41) is 18.2. The number of hydrogen-bond donors (Lipinski definition) is 3. The van der Waals surface area contributed by atoms with Crippen molar-refractivity contribution in [2.75, 3.05) is 10.6 Å². The number of amides is 1. The quantitative estimate of drug-likeness (QED) is 0.0799. The van der Waals surface area contributed by atoms with Crippen molar-refractivity contribution in [3.8, 4) is 0 Å². The lowest BCUT2D eigenvalue weighted by atomic mass is 9.97. The molecule has 0 unspecified atom stereocenters. The summed E-state index contributed by atoms with van der Waals surface area (Å²) in [6.45, 7) is 2.77. The zero-order valence-corrected chi connectivity index (χ0v) is 24.2. The Balaban J connectivity index is 1.76. The van der Waals surface area contributed by atoms with E-state index in [9.17, 15) is 24.3 Å². The Bertz CT molecular complexity index is 1570. The van der Waals surface area contributed by atoms with E-state index in [1.54, 1.807) is 12.1 Å². The van der Waals surface area contributed by atoms with Gasteiger partial charge in [0.1, 0.15) is 11.6 Å². The molecule has 3 aromatic carbocycles. The lowest BCUT2D eigenvalue weighted by Gasteiger charge is -2.20. The van der Waals surface area contributed by atoms with E-state index >= 15 is 0 Å². The van der Waals surface area contributed by atoms with E-state index in [4.69, 9.17) is 4.98 Å². The molecule has 1 aromatic heterocycles. The van der Waals surface area contributed by atoms with Crippen LogP contribution in [0.5, 0.6) is 0 Å². The van der Waals surface area contributed by atoms with Crippen LogP contribution in [0.2, 0.25) is 0 Å². The first-order valence-corrected chi connectivity index (χ1v) is 14.4. The zero-order chi connectivity index (χ0) is 30.1. The van der Waals surface area contributed by atoms with Crippen LogP contribution in [0.1, 0.15) is 81.1 Å². The number of Topliss-reactive ketones (excluding diaryl/α,β-unsaturated/α-hetero) is 3. The molecule has 0 aliphatic rings. The van der Waals surface area contributed by atoms with Crippen molar-refractivity contribution < 1.29 is 24.3 Å². The van der Waals surface area contributed by atoms with Crippen LogP contribution in [0.15, 0.2) is 60.7 Å². The summed E-state index contributed by atoms with van der Waals surface area (Å²) in [7, 11) is 0. The average Bonchev–Trinajstić information content (AvgIpc) is 2.97. The Labute approximate surface area is 245 Å². The molecule has 0 saturated heterocycles. The van der Waals surface area contributed by atoms with Gasteiger partial charge in [-0.3, -0.25) is 9.59 Å². The van der Waals surface area contributed by atoms with Gasteiger partial charge in [0, 0.05) is 36.5 Å². The average molecular weight is 568 g/mol. The lowest BCUT2D eigenvalue weighted by molar-refractivity contribution is -0.118. The number of carbonyl (C=O) groups is 4. The van der Waals surface area contributed by atoms with Crippen LogP contribution in [0, 0.1) is 0 Å². The van der Waals surface area contributed by atoms with E-state index in [1.807, 2.05) is 48.5 Å². The number of unbranched alkanes of at least 4 members (excludes halogenated alkanes) is 2. The Hall–Kier alpha value is -4.43. The topological polar surface area (TPSA) is 125 Å². The van der Waals surface area contributed by atoms with Crippen molar-refractivity contribution in [3.05, 3.63) is 71.8 Å². The number of pyridine rings is 1. The van der Waals surface area contributed by atoms with Gasteiger partial charge >= 0.3 is 0 Å². The second kappa shape index (κ2) is 14.5. The third-order valence-corrected chi connectivity index (χ3v) is 7.15. The van der Waals surface area contributed by atoms with Crippen LogP contribution in [-0.2, 0) is 21.0 Å². The van der Waals surface area contributed by atoms with Gasteiger partial charge in [0.15, 0.2) is 5.78 Å². The van der Waals surface area contributed by atoms with Crippen LogP contribution >= 0.6 is 0 Å². The van der Waals surface area contributed by atoms with E-state index in [0.717, 1.165) is 27.5 Å². The molecular formula is C34H37N3O5. The number of benzene rings is 3. The third-order valence-electron chi connectivity index (χ3n) is 7.15. The van der Waals surface area contributed by atoms with Gasteiger partial charge in [-0.25, -0.2) is 4.98 Å². The third kappa shape index (κ3) is 7.85. The number of aromatic nitrogens is 1. The number of fused-ring (bicyclic) bond motifs is 2. The number of ketones is 3. The minimum atomic E-state index is -0.291. The standard InChI is InChI=1S/C34H37N3O5/c1-22(39)11-3-9-17-31(41)33-29(36-32(42)18-10-4-12-23(2)40)19-24(21-38)20-30(33)37-34-25-13-5-7-15-27(25)35-28-16-8-6-14-26(28)34/h5-8,13-16,19-20,38H,3-4,9-12,17-18,21H2,1-2H3,(H,35,37)(H,36,42). The first kappa shape index (κ1) is 30.5.